The minimum Gasteiger partial charge on any atom is -0.325 e. The van der Waals surface area contributed by atoms with Crippen LogP contribution in [0.1, 0.15) is 39.5 Å². The lowest BCUT2D eigenvalue weighted by molar-refractivity contribution is -0.132. The standard InChI is InChI=1S/C15H27N3O/c1-11(2)13-16-15(6-7-15)14(19)18(13)10-12-4-8-17(3)9-5-12/h11-13,16H,4-10H2,1-3H3. The highest BCUT2D eigenvalue weighted by Crippen LogP contribution is 2.43. The first-order chi connectivity index (χ1) is 9.02. The van der Waals surface area contributed by atoms with Crippen LogP contribution in [0.15, 0.2) is 0 Å². The van der Waals surface area contributed by atoms with Crippen LogP contribution >= 0.6 is 0 Å². The Bertz CT molecular complexity index is 356. The number of piperidine rings is 1. The molecular weight excluding hydrogens is 238 g/mol. The van der Waals surface area contributed by atoms with Crippen LogP contribution in [0, 0.1) is 11.8 Å². The summed E-state index contributed by atoms with van der Waals surface area (Å²) < 4.78 is 0. The van der Waals surface area contributed by atoms with E-state index in [2.05, 4.69) is 36.0 Å². The molecule has 0 radical (unpaired) electrons. The molecule has 2 aliphatic heterocycles. The second kappa shape index (κ2) is 4.74. The highest BCUT2D eigenvalue weighted by molar-refractivity contribution is 5.91. The van der Waals surface area contributed by atoms with Gasteiger partial charge in [0.05, 0.1) is 11.7 Å². The number of hydrogen-bond acceptors (Lipinski definition) is 3. The minimum atomic E-state index is -0.152. The van der Waals surface area contributed by atoms with Gasteiger partial charge < -0.3 is 9.80 Å². The molecule has 1 spiro atoms. The third-order valence-electron chi connectivity index (χ3n) is 5.10. The molecule has 0 aromatic carbocycles. The zero-order valence-corrected chi connectivity index (χ0v) is 12.5. The van der Waals surface area contributed by atoms with E-state index in [-0.39, 0.29) is 11.7 Å². The van der Waals surface area contributed by atoms with Crippen molar-refractivity contribution in [3.63, 3.8) is 0 Å². The van der Waals surface area contributed by atoms with Crippen LogP contribution in [-0.4, -0.2) is 54.1 Å². The number of carbonyl (C=O) groups excluding carboxylic acids is 1. The highest BCUT2D eigenvalue weighted by Gasteiger charge is 2.59. The number of carbonyl (C=O) groups is 1. The van der Waals surface area contributed by atoms with Crippen molar-refractivity contribution in [3.8, 4) is 0 Å². The van der Waals surface area contributed by atoms with Crippen LogP contribution in [0.4, 0.5) is 0 Å². The average molecular weight is 265 g/mol. The quantitative estimate of drug-likeness (QED) is 0.835. The van der Waals surface area contributed by atoms with Crippen LogP contribution in [0.25, 0.3) is 0 Å². The number of hydrogen-bond donors (Lipinski definition) is 1. The maximum absolute atomic E-state index is 12.6. The van der Waals surface area contributed by atoms with Gasteiger partial charge in [0.25, 0.3) is 0 Å². The van der Waals surface area contributed by atoms with Crippen LogP contribution in [0.5, 0.6) is 0 Å². The Balaban J connectivity index is 1.66. The van der Waals surface area contributed by atoms with Crippen LogP contribution in [0.2, 0.25) is 0 Å². The topological polar surface area (TPSA) is 35.6 Å². The Hall–Kier alpha value is -0.610. The molecule has 1 N–H and O–H groups in total. The fourth-order valence-corrected chi connectivity index (χ4v) is 3.55. The van der Waals surface area contributed by atoms with E-state index in [9.17, 15) is 4.79 Å². The second-order valence-corrected chi connectivity index (χ2v) is 7.12. The molecule has 1 atom stereocenters. The molecular formula is C15H27N3O. The van der Waals surface area contributed by atoms with Gasteiger partial charge in [0.2, 0.25) is 5.91 Å². The molecule has 2 heterocycles. The number of rotatable bonds is 3. The van der Waals surface area contributed by atoms with Gasteiger partial charge in [-0.3, -0.25) is 10.1 Å². The molecule has 2 saturated heterocycles. The Morgan fingerprint density at radius 3 is 2.47 bits per heavy atom. The fourth-order valence-electron chi connectivity index (χ4n) is 3.55. The maximum atomic E-state index is 12.6. The Kier molecular flexibility index (Phi) is 3.34. The van der Waals surface area contributed by atoms with Crippen LogP contribution in [-0.2, 0) is 4.79 Å². The molecule has 3 rings (SSSR count). The van der Waals surface area contributed by atoms with E-state index < -0.39 is 0 Å². The zero-order chi connectivity index (χ0) is 13.6. The highest BCUT2D eigenvalue weighted by atomic mass is 16.2. The van der Waals surface area contributed by atoms with Gasteiger partial charge in [-0.05, 0) is 57.7 Å². The summed E-state index contributed by atoms with van der Waals surface area (Å²) in [5.41, 5.74) is -0.152. The summed E-state index contributed by atoms with van der Waals surface area (Å²) in [4.78, 5) is 17.1. The largest absolute Gasteiger partial charge is 0.325 e. The van der Waals surface area contributed by atoms with Gasteiger partial charge in [-0.25, -0.2) is 0 Å². The van der Waals surface area contributed by atoms with Crippen molar-refractivity contribution >= 4 is 5.91 Å². The summed E-state index contributed by atoms with van der Waals surface area (Å²) in [5, 5.41) is 3.60. The molecule has 0 bridgehead atoms. The van der Waals surface area contributed by atoms with Crippen molar-refractivity contribution in [2.75, 3.05) is 26.7 Å². The van der Waals surface area contributed by atoms with E-state index in [0.717, 1.165) is 19.4 Å². The summed E-state index contributed by atoms with van der Waals surface area (Å²) in [6.45, 7) is 7.75. The van der Waals surface area contributed by atoms with E-state index in [1.54, 1.807) is 0 Å². The predicted octanol–water partition coefficient (Wildman–Crippen LogP) is 1.27. The van der Waals surface area contributed by atoms with Crippen molar-refractivity contribution in [2.24, 2.45) is 11.8 Å². The third-order valence-corrected chi connectivity index (χ3v) is 5.10. The number of nitrogens with zero attached hydrogens (tertiary/aromatic N) is 2. The molecule has 0 aromatic rings. The van der Waals surface area contributed by atoms with Gasteiger partial charge in [-0.1, -0.05) is 13.8 Å². The fraction of sp³-hybridized carbons (Fsp3) is 0.933. The Labute approximate surface area is 116 Å². The normalized spacial score (nSPS) is 31.7. The van der Waals surface area contributed by atoms with Gasteiger partial charge in [0.1, 0.15) is 0 Å². The first-order valence-electron chi connectivity index (χ1n) is 7.79. The summed E-state index contributed by atoms with van der Waals surface area (Å²) >= 11 is 0. The Morgan fingerprint density at radius 1 is 1.32 bits per heavy atom. The Morgan fingerprint density at radius 2 is 1.95 bits per heavy atom. The molecule has 1 aliphatic carbocycles. The smallest absolute Gasteiger partial charge is 0.244 e. The monoisotopic (exact) mass is 265 g/mol. The maximum Gasteiger partial charge on any atom is 0.244 e. The third kappa shape index (κ3) is 2.40. The number of nitrogens with one attached hydrogen (secondary N) is 1. The van der Waals surface area contributed by atoms with Crippen LogP contribution < -0.4 is 5.32 Å². The zero-order valence-electron chi connectivity index (χ0n) is 12.5. The molecule has 0 aromatic heterocycles. The molecule has 4 nitrogen and oxygen atoms in total. The van der Waals surface area contributed by atoms with Gasteiger partial charge in [-0.2, -0.15) is 0 Å². The van der Waals surface area contributed by atoms with Crippen molar-refractivity contribution in [3.05, 3.63) is 0 Å². The average Bonchev–Trinajstić information content (AvgIpc) is 3.10. The molecule has 1 unspecified atom stereocenters. The summed E-state index contributed by atoms with van der Waals surface area (Å²) in [7, 11) is 2.19. The van der Waals surface area contributed by atoms with Gasteiger partial charge >= 0.3 is 0 Å². The number of amides is 1. The number of likely N-dealkylation sites (tertiary alicyclic amines) is 1. The van der Waals surface area contributed by atoms with Gasteiger partial charge in [0.15, 0.2) is 0 Å². The molecule has 1 amide bonds. The molecule has 108 valence electrons. The van der Waals surface area contributed by atoms with Gasteiger partial charge in [-0.15, -0.1) is 0 Å². The molecule has 1 saturated carbocycles. The van der Waals surface area contributed by atoms with Crippen LogP contribution in [0.3, 0.4) is 0 Å². The van der Waals surface area contributed by atoms with Crippen molar-refractivity contribution in [1.82, 2.24) is 15.1 Å². The van der Waals surface area contributed by atoms with Gasteiger partial charge in [0, 0.05) is 6.54 Å². The van der Waals surface area contributed by atoms with E-state index >= 15 is 0 Å². The van der Waals surface area contributed by atoms with E-state index in [4.69, 9.17) is 0 Å². The summed E-state index contributed by atoms with van der Waals surface area (Å²) in [6, 6.07) is 0. The minimum absolute atomic E-state index is 0.152. The summed E-state index contributed by atoms with van der Waals surface area (Å²) in [6.07, 6.45) is 4.81. The lowest BCUT2D eigenvalue weighted by Gasteiger charge is -2.34. The van der Waals surface area contributed by atoms with E-state index in [1.165, 1.54) is 25.9 Å². The molecule has 4 heteroatoms. The first-order valence-corrected chi connectivity index (χ1v) is 7.79. The summed E-state index contributed by atoms with van der Waals surface area (Å²) in [5.74, 6) is 1.57. The van der Waals surface area contributed by atoms with E-state index in [0.29, 0.717) is 17.7 Å². The van der Waals surface area contributed by atoms with Crippen molar-refractivity contribution in [1.29, 1.82) is 0 Å². The molecule has 19 heavy (non-hydrogen) atoms. The van der Waals surface area contributed by atoms with Crippen molar-refractivity contribution in [2.45, 2.75) is 51.2 Å². The van der Waals surface area contributed by atoms with Crippen molar-refractivity contribution < 1.29 is 4.79 Å². The second-order valence-electron chi connectivity index (χ2n) is 7.12. The predicted molar refractivity (Wildman–Crippen MR) is 75.7 cm³/mol. The molecule has 3 aliphatic rings. The van der Waals surface area contributed by atoms with E-state index in [1.807, 2.05) is 0 Å². The molecule has 3 fully saturated rings. The first kappa shape index (κ1) is 13.4. The lowest BCUT2D eigenvalue weighted by atomic mass is 9.96. The SMILES string of the molecule is CC(C)C1NC2(CC2)C(=O)N1CC1CCN(C)CC1. The lowest BCUT2D eigenvalue weighted by Crippen LogP contribution is -2.45.